The molecule has 1 heterocycles. The molecule has 1 aliphatic rings. The summed E-state index contributed by atoms with van der Waals surface area (Å²) in [5.41, 5.74) is 0. The number of rotatable bonds is 3. The Morgan fingerprint density at radius 3 is 2.92 bits per heavy atom. The number of carbonyl (C=O) groups is 1. The van der Waals surface area contributed by atoms with Crippen molar-refractivity contribution in [1.29, 1.82) is 0 Å². The lowest BCUT2D eigenvalue weighted by Gasteiger charge is -2.25. The van der Waals surface area contributed by atoms with E-state index in [4.69, 9.17) is 17.3 Å². The molecule has 0 bridgehead atoms. The zero-order chi connectivity index (χ0) is 10.1. The van der Waals surface area contributed by atoms with Crippen LogP contribution in [0.15, 0.2) is 0 Å². The highest BCUT2D eigenvalue weighted by Gasteiger charge is 2.45. The van der Waals surface area contributed by atoms with Crippen LogP contribution in [-0.2, 0) is 4.79 Å². The van der Waals surface area contributed by atoms with Gasteiger partial charge >= 0.3 is 5.97 Å². The fraction of sp³-hybridized carbons (Fsp3) is 0.750. The second kappa shape index (κ2) is 3.84. The van der Waals surface area contributed by atoms with E-state index < -0.39 is 12.0 Å². The van der Waals surface area contributed by atoms with Gasteiger partial charge in [-0.3, -0.25) is 0 Å². The fourth-order valence-corrected chi connectivity index (χ4v) is 3.46. The summed E-state index contributed by atoms with van der Waals surface area (Å²) in [6, 6.07) is -0.537. The summed E-state index contributed by atoms with van der Waals surface area (Å²) in [6.07, 6.45) is 1.83. The number of hydrogen-bond donors (Lipinski definition) is 2. The van der Waals surface area contributed by atoms with E-state index in [1.165, 1.54) is 11.8 Å². The minimum absolute atomic E-state index is 0.280. The van der Waals surface area contributed by atoms with Crippen LogP contribution in [-0.4, -0.2) is 26.2 Å². The lowest BCUT2D eigenvalue weighted by atomic mass is 9.96. The van der Waals surface area contributed by atoms with Gasteiger partial charge in [0, 0.05) is 0 Å². The molecule has 2 atom stereocenters. The van der Waals surface area contributed by atoms with E-state index in [0.717, 1.165) is 12.8 Å². The number of carboxylic acids is 1. The third kappa shape index (κ3) is 2.14. The van der Waals surface area contributed by atoms with Crippen molar-refractivity contribution >= 4 is 34.3 Å². The Morgan fingerprint density at radius 1 is 1.85 bits per heavy atom. The van der Waals surface area contributed by atoms with Gasteiger partial charge in [0.2, 0.25) is 0 Å². The number of aliphatic carboxylic acids is 1. The van der Waals surface area contributed by atoms with Crippen LogP contribution in [0.4, 0.5) is 0 Å². The number of nitrogens with one attached hydrogen (secondary N) is 1. The molecular formula is C8H13NO2S2. The number of carboxylic acid groups (broad SMARTS) is 1. The summed E-state index contributed by atoms with van der Waals surface area (Å²) in [4.78, 5) is 10.9. The van der Waals surface area contributed by atoms with Gasteiger partial charge in [-0.1, -0.05) is 37.3 Å². The standard InChI is InChI=1S/C8H13NO2S2/c1-3-4-8(2)5(6(10)11)9-7(12)13-8/h5H,3-4H2,1-2H3,(H,9,12)(H,10,11). The highest BCUT2D eigenvalue weighted by atomic mass is 32.2. The van der Waals surface area contributed by atoms with Crippen molar-refractivity contribution in [2.45, 2.75) is 37.5 Å². The van der Waals surface area contributed by atoms with Gasteiger partial charge in [-0.05, 0) is 13.3 Å². The maximum atomic E-state index is 10.9. The summed E-state index contributed by atoms with van der Waals surface area (Å²) in [5.74, 6) is -0.816. The Kier molecular flexibility index (Phi) is 3.18. The maximum absolute atomic E-state index is 10.9. The summed E-state index contributed by atoms with van der Waals surface area (Å²) >= 11 is 6.44. The van der Waals surface area contributed by atoms with Crippen LogP contribution in [0.2, 0.25) is 0 Å². The quantitative estimate of drug-likeness (QED) is 0.706. The first kappa shape index (κ1) is 10.8. The average molecular weight is 219 g/mol. The molecule has 0 saturated carbocycles. The van der Waals surface area contributed by atoms with Crippen LogP contribution in [0.25, 0.3) is 0 Å². The van der Waals surface area contributed by atoms with Crippen LogP contribution >= 0.6 is 24.0 Å². The van der Waals surface area contributed by atoms with Crippen molar-refractivity contribution in [2.24, 2.45) is 0 Å². The Morgan fingerprint density at radius 2 is 2.46 bits per heavy atom. The van der Waals surface area contributed by atoms with Crippen LogP contribution in [0.3, 0.4) is 0 Å². The fourth-order valence-electron chi connectivity index (χ4n) is 1.59. The second-order valence-electron chi connectivity index (χ2n) is 3.37. The smallest absolute Gasteiger partial charge is 0.327 e. The predicted octanol–water partition coefficient (Wildman–Crippen LogP) is 1.62. The molecule has 1 aliphatic heterocycles. The third-order valence-electron chi connectivity index (χ3n) is 2.19. The predicted molar refractivity (Wildman–Crippen MR) is 58.1 cm³/mol. The van der Waals surface area contributed by atoms with Crippen LogP contribution in [0.1, 0.15) is 26.7 Å². The first-order valence-corrected chi connectivity index (χ1v) is 5.44. The molecule has 74 valence electrons. The van der Waals surface area contributed by atoms with Crippen molar-refractivity contribution in [3.8, 4) is 0 Å². The largest absolute Gasteiger partial charge is 0.480 e. The van der Waals surface area contributed by atoms with Crippen molar-refractivity contribution in [3.05, 3.63) is 0 Å². The minimum atomic E-state index is -0.816. The van der Waals surface area contributed by atoms with E-state index in [0.29, 0.717) is 4.32 Å². The Balaban J connectivity index is 2.81. The maximum Gasteiger partial charge on any atom is 0.327 e. The molecular weight excluding hydrogens is 206 g/mol. The van der Waals surface area contributed by atoms with Crippen molar-refractivity contribution < 1.29 is 9.90 Å². The van der Waals surface area contributed by atoms with E-state index in [1.807, 2.05) is 13.8 Å². The van der Waals surface area contributed by atoms with Gasteiger partial charge in [0.25, 0.3) is 0 Å². The van der Waals surface area contributed by atoms with Gasteiger partial charge in [0.1, 0.15) is 10.4 Å². The lowest BCUT2D eigenvalue weighted by molar-refractivity contribution is -0.139. The molecule has 0 aliphatic carbocycles. The Hall–Kier alpha value is -0.290. The summed E-state index contributed by atoms with van der Waals surface area (Å²) < 4.78 is 0.320. The lowest BCUT2D eigenvalue weighted by Crippen LogP contribution is -2.45. The van der Waals surface area contributed by atoms with Gasteiger partial charge in [-0.25, -0.2) is 4.79 Å². The molecule has 0 amide bonds. The molecule has 2 unspecified atom stereocenters. The number of thioether (sulfide) groups is 1. The highest BCUT2D eigenvalue weighted by Crippen LogP contribution is 2.39. The van der Waals surface area contributed by atoms with E-state index >= 15 is 0 Å². The second-order valence-corrected chi connectivity index (χ2v) is 5.58. The minimum Gasteiger partial charge on any atom is -0.480 e. The zero-order valence-electron chi connectivity index (χ0n) is 7.66. The van der Waals surface area contributed by atoms with Gasteiger partial charge in [-0.15, -0.1) is 0 Å². The molecule has 13 heavy (non-hydrogen) atoms. The molecule has 1 saturated heterocycles. The molecule has 2 N–H and O–H groups in total. The zero-order valence-corrected chi connectivity index (χ0v) is 9.30. The number of thiocarbonyl (C=S) groups is 1. The van der Waals surface area contributed by atoms with Crippen LogP contribution in [0, 0.1) is 0 Å². The average Bonchev–Trinajstić information content (AvgIpc) is 2.26. The van der Waals surface area contributed by atoms with E-state index in [9.17, 15) is 4.79 Å². The Bertz CT molecular complexity index is 244. The normalized spacial score (nSPS) is 33.1. The van der Waals surface area contributed by atoms with Gasteiger partial charge in [-0.2, -0.15) is 0 Å². The Labute approximate surface area is 87.3 Å². The van der Waals surface area contributed by atoms with Gasteiger partial charge in [0.15, 0.2) is 0 Å². The van der Waals surface area contributed by atoms with Crippen molar-refractivity contribution in [1.82, 2.24) is 5.32 Å². The molecule has 0 aromatic carbocycles. The van der Waals surface area contributed by atoms with E-state index in [2.05, 4.69) is 5.32 Å². The molecule has 1 fully saturated rings. The molecule has 3 nitrogen and oxygen atoms in total. The monoisotopic (exact) mass is 219 g/mol. The SMILES string of the molecule is CCCC1(C)SC(=S)NC1C(=O)O. The first-order chi connectivity index (χ1) is 5.99. The third-order valence-corrected chi connectivity index (χ3v) is 3.77. The highest BCUT2D eigenvalue weighted by molar-refractivity contribution is 8.24. The summed E-state index contributed by atoms with van der Waals surface area (Å²) in [6.45, 7) is 4.00. The van der Waals surface area contributed by atoms with Crippen molar-refractivity contribution in [3.63, 3.8) is 0 Å². The topological polar surface area (TPSA) is 49.3 Å². The van der Waals surface area contributed by atoms with Crippen LogP contribution in [0.5, 0.6) is 0 Å². The van der Waals surface area contributed by atoms with Gasteiger partial charge < -0.3 is 10.4 Å². The summed E-state index contributed by atoms with van der Waals surface area (Å²) in [7, 11) is 0. The van der Waals surface area contributed by atoms with Crippen molar-refractivity contribution in [2.75, 3.05) is 0 Å². The molecule has 5 heteroatoms. The molecule has 0 spiro atoms. The van der Waals surface area contributed by atoms with Crippen LogP contribution < -0.4 is 5.32 Å². The molecule has 1 rings (SSSR count). The summed E-state index contributed by atoms with van der Waals surface area (Å²) in [5, 5.41) is 11.8. The van der Waals surface area contributed by atoms with E-state index in [1.54, 1.807) is 0 Å². The molecule has 0 aromatic rings. The number of hydrogen-bond acceptors (Lipinski definition) is 3. The molecule has 0 radical (unpaired) electrons. The van der Waals surface area contributed by atoms with E-state index in [-0.39, 0.29) is 4.75 Å². The first-order valence-electron chi connectivity index (χ1n) is 4.22. The molecule has 0 aromatic heterocycles. The van der Waals surface area contributed by atoms with Gasteiger partial charge in [0.05, 0.1) is 4.75 Å².